The lowest BCUT2D eigenvalue weighted by Crippen LogP contribution is -2.44. The first-order chi connectivity index (χ1) is 8.59. The molecule has 0 radical (unpaired) electrons. The van der Waals surface area contributed by atoms with Gasteiger partial charge in [-0.15, -0.1) is 0 Å². The van der Waals surface area contributed by atoms with Crippen molar-refractivity contribution in [2.45, 2.75) is 25.0 Å². The van der Waals surface area contributed by atoms with E-state index < -0.39 is 11.4 Å². The normalized spacial score (nSPS) is 18.8. The monoisotopic (exact) mass is 273 g/mol. The number of benzene rings is 1. The average Bonchev–Trinajstić information content (AvgIpc) is 2.34. The Morgan fingerprint density at radius 1 is 1.39 bits per heavy atom. The minimum atomic E-state index is -0.705. The van der Waals surface area contributed by atoms with Gasteiger partial charge >= 0.3 is 0 Å². The number of halogens is 2. The summed E-state index contributed by atoms with van der Waals surface area (Å²) in [5.74, 6) is -0.416. The average molecular weight is 274 g/mol. The molecule has 2 N–H and O–H groups in total. The maximum Gasteiger partial charge on any atom is 0.142 e. The Kier molecular flexibility index (Phi) is 4.56. The predicted molar refractivity (Wildman–Crippen MR) is 68.1 cm³/mol. The molecule has 2 rings (SSSR count). The molecule has 1 saturated heterocycles. The number of rotatable bonds is 4. The fraction of sp³-hybridized carbons (Fsp3) is 0.538. The van der Waals surface area contributed by atoms with Crippen LogP contribution < -0.4 is 5.32 Å². The summed E-state index contributed by atoms with van der Waals surface area (Å²) in [4.78, 5) is 0. The van der Waals surface area contributed by atoms with E-state index in [1.165, 1.54) is 12.1 Å². The van der Waals surface area contributed by atoms with Crippen molar-refractivity contribution in [1.29, 1.82) is 0 Å². The zero-order valence-corrected chi connectivity index (χ0v) is 10.8. The zero-order chi connectivity index (χ0) is 13.0. The summed E-state index contributed by atoms with van der Waals surface area (Å²) in [5, 5.41) is 13.5. The van der Waals surface area contributed by atoms with Gasteiger partial charge in [0.25, 0.3) is 0 Å². The smallest absolute Gasteiger partial charge is 0.142 e. The molecule has 0 atom stereocenters. The number of hydrogen-bond acceptors (Lipinski definition) is 3. The van der Waals surface area contributed by atoms with E-state index in [9.17, 15) is 9.50 Å². The summed E-state index contributed by atoms with van der Waals surface area (Å²) >= 11 is 5.61. The van der Waals surface area contributed by atoms with Gasteiger partial charge in [-0.25, -0.2) is 4.39 Å². The second kappa shape index (κ2) is 5.97. The highest BCUT2D eigenvalue weighted by molar-refractivity contribution is 6.30. The molecule has 100 valence electrons. The molecule has 1 aromatic carbocycles. The van der Waals surface area contributed by atoms with Crippen LogP contribution in [0.3, 0.4) is 0 Å². The van der Waals surface area contributed by atoms with Gasteiger partial charge in [-0.2, -0.15) is 0 Å². The van der Waals surface area contributed by atoms with E-state index in [0.717, 1.165) is 5.56 Å². The van der Waals surface area contributed by atoms with E-state index in [4.69, 9.17) is 16.3 Å². The maximum absolute atomic E-state index is 13.2. The quantitative estimate of drug-likeness (QED) is 0.883. The molecule has 0 spiro atoms. The summed E-state index contributed by atoms with van der Waals surface area (Å²) in [6, 6.07) is 4.72. The second-order valence-corrected chi connectivity index (χ2v) is 5.10. The van der Waals surface area contributed by atoms with Crippen LogP contribution in [-0.2, 0) is 11.3 Å². The van der Waals surface area contributed by atoms with Crippen LogP contribution in [0.4, 0.5) is 4.39 Å². The van der Waals surface area contributed by atoms with Crippen LogP contribution in [-0.4, -0.2) is 30.5 Å². The number of ether oxygens (including phenoxy) is 1. The van der Waals surface area contributed by atoms with Crippen molar-refractivity contribution in [3.05, 3.63) is 34.6 Å². The molecule has 0 amide bonds. The van der Waals surface area contributed by atoms with Gasteiger partial charge in [0.15, 0.2) is 0 Å². The van der Waals surface area contributed by atoms with Crippen molar-refractivity contribution in [2.24, 2.45) is 0 Å². The van der Waals surface area contributed by atoms with Gasteiger partial charge in [-0.3, -0.25) is 0 Å². The zero-order valence-electron chi connectivity index (χ0n) is 10.1. The predicted octanol–water partition coefficient (Wildman–Crippen LogP) is 2.11. The van der Waals surface area contributed by atoms with Gasteiger partial charge in [-0.05, 0) is 17.7 Å². The molecular weight excluding hydrogens is 257 g/mol. The Bertz CT molecular complexity index is 408. The fourth-order valence-corrected chi connectivity index (χ4v) is 2.13. The summed E-state index contributed by atoms with van der Waals surface area (Å²) in [7, 11) is 0. The molecule has 1 heterocycles. The molecule has 1 aromatic rings. The van der Waals surface area contributed by atoms with Crippen molar-refractivity contribution >= 4 is 11.6 Å². The summed E-state index contributed by atoms with van der Waals surface area (Å²) in [6.45, 7) is 2.18. The first-order valence-corrected chi connectivity index (χ1v) is 6.42. The lowest BCUT2D eigenvalue weighted by atomic mass is 9.94. The van der Waals surface area contributed by atoms with Gasteiger partial charge in [0.1, 0.15) is 5.82 Å². The van der Waals surface area contributed by atoms with E-state index in [0.29, 0.717) is 39.1 Å². The molecule has 0 saturated carbocycles. The van der Waals surface area contributed by atoms with E-state index in [-0.39, 0.29) is 5.02 Å². The van der Waals surface area contributed by atoms with Gasteiger partial charge in [0, 0.05) is 39.1 Å². The standard InChI is InChI=1S/C13H17ClFNO2/c14-11-2-1-10(7-12(11)15)8-16-9-13(17)3-5-18-6-4-13/h1-2,7,16-17H,3-6,8-9H2. The van der Waals surface area contributed by atoms with Gasteiger partial charge in [0.2, 0.25) is 0 Å². The molecule has 18 heavy (non-hydrogen) atoms. The number of nitrogens with one attached hydrogen (secondary N) is 1. The molecule has 5 heteroatoms. The van der Waals surface area contributed by atoms with E-state index in [2.05, 4.69) is 5.32 Å². The first-order valence-electron chi connectivity index (χ1n) is 6.04. The third-order valence-corrected chi connectivity index (χ3v) is 3.50. The third-order valence-electron chi connectivity index (χ3n) is 3.19. The number of aliphatic hydroxyl groups is 1. The first kappa shape index (κ1) is 13.7. The van der Waals surface area contributed by atoms with E-state index in [1.54, 1.807) is 6.07 Å². The van der Waals surface area contributed by atoms with Crippen molar-refractivity contribution in [3.8, 4) is 0 Å². The van der Waals surface area contributed by atoms with E-state index in [1.807, 2.05) is 0 Å². The summed E-state index contributed by atoms with van der Waals surface area (Å²) < 4.78 is 18.4. The topological polar surface area (TPSA) is 41.5 Å². The summed E-state index contributed by atoms with van der Waals surface area (Å²) in [5.41, 5.74) is 0.107. The SMILES string of the molecule is OC1(CNCc2ccc(Cl)c(F)c2)CCOCC1. The highest BCUT2D eigenvalue weighted by atomic mass is 35.5. The molecule has 3 nitrogen and oxygen atoms in total. The molecule has 1 aliphatic rings. The minimum Gasteiger partial charge on any atom is -0.388 e. The van der Waals surface area contributed by atoms with Crippen LogP contribution in [0.25, 0.3) is 0 Å². The minimum absolute atomic E-state index is 0.127. The van der Waals surface area contributed by atoms with Crippen LogP contribution >= 0.6 is 11.6 Å². The molecule has 1 aliphatic heterocycles. The molecule has 0 aromatic heterocycles. The maximum atomic E-state index is 13.2. The van der Waals surface area contributed by atoms with E-state index >= 15 is 0 Å². The molecule has 0 bridgehead atoms. The van der Waals surface area contributed by atoms with Crippen molar-refractivity contribution < 1.29 is 14.2 Å². The van der Waals surface area contributed by atoms with Gasteiger partial charge < -0.3 is 15.2 Å². The largest absolute Gasteiger partial charge is 0.388 e. The van der Waals surface area contributed by atoms with Crippen LogP contribution in [0.1, 0.15) is 18.4 Å². The van der Waals surface area contributed by atoms with Crippen molar-refractivity contribution in [2.75, 3.05) is 19.8 Å². The highest BCUT2D eigenvalue weighted by Crippen LogP contribution is 2.20. The second-order valence-electron chi connectivity index (χ2n) is 4.69. The van der Waals surface area contributed by atoms with Gasteiger partial charge in [0.05, 0.1) is 10.6 Å². The summed E-state index contributed by atoms with van der Waals surface area (Å²) in [6.07, 6.45) is 1.27. The van der Waals surface area contributed by atoms with Crippen LogP contribution in [0.5, 0.6) is 0 Å². The lowest BCUT2D eigenvalue weighted by Gasteiger charge is -2.32. The van der Waals surface area contributed by atoms with Crippen LogP contribution in [0, 0.1) is 5.82 Å². The van der Waals surface area contributed by atoms with Crippen molar-refractivity contribution in [3.63, 3.8) is 0 Å². The molecular formula is C13H17ClFNO2. The van der Waals surface area contributed by atoms with Gasteiger partial charge in [-0.1, -0.05) is 17.7 Å². The highest BCUT2D eigenvalue weighted by Gasteiger charge is 2.28. The lowest BCUT2D eigenvalue weighted by molar-refractivity contribution is -0.0617. The Labute approximate surface area is 111 Å². The van der Waals surface area contributed by atoms with Crippen molar-refractivity contribution in [1.82, 2.24) is 5.32 Å². The Balaban J connectivity index is 1.82. The Hall–Kier alpha value is -0.680. The molecule has 1 fully saturated rings. The number of hydrogen-bond donors (Lipinski definition) is 2. The van der Waals surface area contributed by atoms with Crippen LogP contribution in [0.15, 0.2) is 18.2 Å². The molecule has 0 unspecified atom stereocenters. The third kappa shape index (κ3) is 3.65. The van der Waals surface area contributed by atoms with Crippen LogP contribution in [0.2, 0.25) is 5.02 Å². The fourth-order valence-electron chi connectivity index (χ4n) is 2.02. The molecule has 0 aliphatic carbocycles. The Morgan fingerprint density at radius 2 is 2.11 bits per heavy atom. The Morgan fingerprint density at radius 3 is 2.78 bits per heavy atom.